The number of hydrogen-bond donors (Lipinski definition) is 2. The van der Waals surface area contributed by atoms with E-state index in [1.807, 2.05) is 0 Å². The van der Waals surface area contributed by atoms with Gasteiger partial charge in [0.05, 0.1) is 17.8 Å². The average molecular weight is 274 g/mol. The fourth-order valence-electron chi connectivity index (χ4n) is 1.43. The van der Waals surface area contributed by atoms with Crippen molar-refractivity contribution in [1.82, 2.24) is 5.43 Å². The van der Waals surface area contributed by atoms with Gasteiger partial charge in [0.15, 0.2) is 5.76 Å². The Morgan fingerprint density at radius 2 is 2.10 bits per heavy atom. The van der Waals surface area contributed by atoms with Crippen molar-refractivity contribution in [1.29, 1.82) is 0 Å². The Morgan fingerprint density at radius 1 is 1.35 bits per heavy atom. The van der Waals surface area contributed by atoms with Crippen LogP contribution in [0.15, 0.2) is 45.9 Å². The zero-order valence-electron chi connectivity index (χ0n) is 10.1. The first kappa shape index (κ1) is 13.3. The number of amides is 1. The lowest BCUT2D eigenvalue weighted by Gasteiger charge is -2.02. The van der Waals surface area contributed by atoms with Gasteiger partial charge >= 0.3 is 5.88 Å². The maximum absolute atomic E-state index is 11.7. The number of rotatable bonds is 4. The molecule has 102 valence electrons. The number of nitrogen functional groups attached to an aromatic ring is 1. The van der Waals surface area contributed by atoms with Gasteiger partial charge in [-0.3, -0.25) is 14.9 Å². The van der Waals surface area contributed by atoms with Gasteiger partial charge in [0.1, 0.15) is 4.92 Å². The maximum atomic E-state index is 11.7. The van der Waals surface area contributed by atoms with Crippen LogP contribution in [0.2, 0.25) is 0 Å². The number of furan rings is 1. The number of benzene rings is 1. The summed E-state index contributed by atoms with van der Waals surface area (Å²) in [7, 11) is 0. The van der Waals surface area contributed by atoms with Crippen molar-refractivity contribution in [3.05, 3.63) is 57.8 Å². The minimum atomic E-state index is -0.666. The highest BCUT2D eigenvalue weighted by molar-refractivity contribution is 5.99. The van der Waals surface area contributed by atoms with Crippen LogP contribution < -0.4 is 11.2 Å². The zero-order valence-corrected chi connectivity index (χ0v) is 10.1. The number of carbonyl (C=O) groups is 1. The Morgan fingerprint density at radius 3 is 2.75 bits per heavy atom. The normalized spacial score (nSPS) is 10.6. The monoisotopic (exact) mass is 274 g/mol. The van der Waals surface area contributed by atoms with Gasteiger partial charge in [-0.2, -0.15) is 5.10 Å². The molecule has 0 fully saturated rings. The Kier molecular flexibility index (Phi) is 3.75. The number of carbonyl (C=O) groups excluding carboxylic acids is 1. The van der Waals surface area contributed by atoms with Gasteiger partial charge in [0.2, 0.25) is 0 Å². The van der Waals surface area contributed by atoms with Crippen LogP contribution in [0.3, 0.4) is 0 Å². The van der Waals surface area contributed by atoms with E-state index in [0.29, 0.717) is 5.69 Å². The topological polar surface area (TPSA) is 124 Å². The quantitative estimate of drug-likeness (QED) is 0.378. The minimum absolute atomic E-state index is 0.151. The molecule has 0 aliphatic heterocycles. The molecule has 0 aliphatic rings. The van der Waals surface area contributed by atoms with Crippen LogP contribution in [-0.2, 0) is 0 Å². The van der Waals surface area contributed by atoms with E-state index in [9.17, 15) is 14.9 Å². The van der Waals surface area contributed by atoms with Crippen LogP contribution in [0.5, 0.6) is 0 Å². The number of para-hydroxylation sites is 1. The third kappa shape index (κ3) is 2.99. The van der Waals surface area contributed by atoms with Crippen molar-refractivity contribution >= 4 is 23.7 Å². The summed E-state index contributed by atoms with van der Waals surface area (Å²) in [5.74, 6) is -0.733. The van der Waals surface area contributed by atoms with Crippen LogP contribution in [0.25, 0.3) is 0 Å². The van der Waals surface area contributed by atoms with Gasteiger partial charge in [0, 0.05) is 5.69 Å². The largest absolute Gasteiger partial charge is 0.433 e. The number of nitrogens with zero attached hydrogens (tertiary/aromatic N) is 2. The van der Waals surface area contributed by atoms with Gasteiger partial charge < -0.3 is 10.2 Å². The summed E-state index contributed by atoms with van der Waals surface area (Å²) in [6, 6.07) is 9.08. The molecule has 1 amide bonds. The second-order valence-electron chi connectivity index (χ2n) is 3.72. The maximum Gasteiger partial charge on any atom is 0.433 e. The molecule has 1 aromatic carbocycles. The van der Waals surface area contributed by atoms with E-state index in [0.717, 1.165) is 6.21 Å². The van der Waals surface area contributed by atoms with E-state index in [2.05, 4.69) is 10.5 Å². The molecule has 0 aliphatic carbocycles. The molecule has 0 bridgehead atoms. The van der Waals surface area contributed by atoms with Gasteiger partial charge in [-0.25, -0.2) is 5.43 Å². The Labute approximate surface area is 113 Å². The molecule has 2 rings (SSSR count). The molecule has 0 spiro atoms. The average Bonchev–Trinajstić information content (AvgIpc) is 2.88. The summed E-state index contributed by atoms with van der Waals surface area (Å²) in [5.41, 5.74) is 8.50. The van der Waals surface area contributed by atoms with Crippen LogP contribution in [0, 0.1) is 10.1 Å². The number of hydrogen-bond acceptors (Lipinski definition) is 6. The number of anilines is 1. The molecule has 1 heterocycles. The summed E-state index contributed by atoms with van der Waals surface area (Å²) in [5, 5.41) is 14.0. The first-order valence-corrected chi connectivity index (χ1v) is 5.50. The summed E-state index contributed by atoms with van der Waals surface area (Å²) >= 11 is 0. The highest BCUT2D eigenvalue weighted by Gasteiger charge is 2.11. The van der Waals surface area contributed by atoms with Gasteiger partial charge in [-0.05, 0) is 18.2 Å². The molecule has 2 aromatic rings. The molecule has 0 radical (unpaired) electrons. The first-order valence-electron chi connectivity index (χ1n) is 5.50. The predicted octanol–water partition coefficient (Wildman–Crippen LogP) is 1.53. The lowest BCUT2D eigenvalue weighted by Crippen LogP contribution is -2.18. The lowest BCUT2D eigenvalue weighted by molar-refractivity contribution is -0.402. The molecule has 0 saturated carbocycles. The van der Waals surface area contributed by atoms with E-state index >= 15 is 0 Å². The fourth-order valence-corrected chi connectivity index (χ4v) is 1.43. The van der Waals surface area contributed by atoms with Gasteiger partial charge in [-0.15, -0.1) is 0 Å². The lowest BCUT2D eigenvalue weighted by atomic mass is 10.2. The molecule has 0 atom stereocenters. The summed E-state index contributed by atoms with van der Waals surface area (Å²) in [6.07, 6.45) is 1.16. The van der Waals surface area contributed by atoms with Crippen LogP contribution in [0.4, 0.5) is 11.6 Å². The molecular formula is C12H10N4O4. The smallest absolute Gasteiger partial charge is 0.400 e. The molecule has 8 heteroatoms. The molecule has 20 heavy (non-hydrogen) atoms. The van der Waals surface area contributed by atoms with Crippen molar-refractivity contribution in [3.8, 4) is 0 Å². The second kappa shape index (κ2) is 5.65. The third-order valence-electron chi connectivity index (χ3n) is 2.36. The van der Waals surface area contributed by atoms with E-state index < -0.39 is 16.7 Å². The SMILES string of the molecule is Nc1ccccc1C(=O)N/N=C/c1ccc([N+](=O)[O-])o1. The molecule has 0 saturated heterocycles. The van der Waals surface area contributed by atoms with Crippen molar-refractivity contribution < 1.29 is 14.1 Å². The first-order chi connectivity index (χ1) is 9.58. The van der Waals surface area contributed by atoms with Crippen LogP contribution >= 0.6 is 0 Å². The third-order valence-corrected chi connectivity index (χ3v) is 2.36. The van der Waals surface area contributed by atoms with Crippen molar-refractivity contribution in [2.24, 2.45) is 5.10 Å². The van der Waals surface area contributed by atoms with E-state index in [-0.39, 0.29) is 11.3 Å². The van der Waals surface area contributed by atoms with Crippen molar-refractivity contribution in [2.45, 2.75) is 0 Å². The predicted molar refractivity (Wildman–Crippen MR) is 71.3 cm³/mol. The Hall–Kier alpha value is -3.16. The van der Waals surface area contributed by atoms with Gasteiger partial charge in [0.25, 0.3) is 5.91 Å². The number of hydrazone groups is 1. The van der Waals surface area contributed by atoms with E-state index in [1.54, 1.807) is 24.3 Å². The summed E-state index contributed by atoms with van der Waals surface area (Å²) in [4.78, 5) is 21.5. The standard InChI is InChI=1S/C12H10N4O4/c13-10-4-2-1-3-9(10)12(17)15-14-7-8-5-6-11(20-8)16(18)19/h1-7H,13H2,(H,15,17)/b14-7+. The highest BCUT2D eigenvalue weighted by Crippen LogP contribution is 2.14. The van der Waals surface area contributed by atoms with E-state index in [1.165, 1.54) is 12.1 Å². The molecule has 8 nitrogen and oxygen atoms in total. The number of nitro groups is 1. The Bertz CT molecular complexity index is 678. The minimum Gasteiger partial charge on any atom is -0.400 e. The summed E-state index contributed by atoms with van der Waals surface area (Å²) in [6.45, 7) is 0. The number of nitrogens with two attached hydrogens (primary N) is 1. The molecule has 0 unspecified atom stereocenters. The van der Waals surface area contributed by atoms with Crippen LogP contribution in [-0.4, -0.2) is 17.0 Å². The van der Waals surface area contributed by atoms with Crippen molar-refractivity contribution in [3.63, 3.8) is 0 Å². The summed E-state index contributed by atoms with van der Waals surface area (Å²) < 4.78 is 4.83. The Balaban J connectivity index is 2.01. The molecule has 3 N–H and O–H groups in total. The van der Waals surface area contributed by atoms with E-state index in [4.69, 9.17) is 10.2 Å². The molecule has 1 aromatic heterocycles. The van der Waals surface area contributed by atoms with Crippen LogP contribution in [0.1, 0.15) is 16.1 Å². The second-order valence-corrected chi connectivity index (χ2v) is 3.72. The number of nitrogens with one attached hydrogen (secondary N) is 1. The van der Waals surface area contributed by atoms with Gasteiger partial charge in [-0.1, -0.05) is 12.1 Å². The fraction of sp³-hybridized carbons (Fsp3) is 0. The van der Waals surface area contributed by atoms with Crippen molar-refractivity contribution in [2.75, 3.05) is 5.73 Å². The highest BCUT2D eigenvalue weighted by atomic mass is 16.6. The molecular weight excluding hydrogens is 264 g/mol. The zero-order chi connectivity index (χ0) is 14.5.